The van der Waals surface area contributed by atoms with Gasteiger partial charge in [-0.05, 0) is 45.8 Å². The maximum absolute atomic E-state index is 5.39. The lowest BCUT2D eigenvalue weighted by Crippen LogP contribution is -2.42. The molecule has 2 aromatic rings. The molecule has 0 N–H and O–H groups in total. The lowest BCUT2D eigenvalue weighted by Gasteiger charge is -2.42. The van der Waals surface area contributed by atoms with Crippen LogP contribution in [-0.2, 0) is 18.3 Å². The van der Waals surface area contributed by atoms with Crippen LogP contribution in [0, 0.1) is 5.92 Å². The molecule has 3 atom stereocenters. The Morgan fingerprint density at radius 1 is 1.44 bits per heavy atom. The zero-order valence-electron chi connectivity index (χ0n) is 17.3. The van der Waals surface area contributed by atoms with E-state index in [4.69, 9.17) is 9.72 Å². The van der Waals surface area contributed by atoms with Crippen LogP contribution in [0.15, 0.2) is 17.8 Å². The van der Waals surface area contributed by atoms with E-state index in [0.29, 0.717) is 12.0 Å². The summed E-state index contributed by atoms with van der Waals surface area (Å²) in [5, 5.41) is 7.65. The number of methoxy groups -OCH3 is 1. The molecule has 0 aliphatic carbocycles. The molecule has 6 nitrogen and oxygen atoms in total. The molecule has 150 valence electrons. The average molecular weight is 392 g/mol. The molecule has 0 bridgehead atoms. The van der Waals surface area contributed by atoms with Crippen LogP contribution < -0.4 is 0 Å². The Labute approximate surface area is 167 Å². The number of aryl methyl sites for hydroxylation is 1. The van der Waals surface area contributed by atoms with Gasteiger partial charge in [-0.3, -0.25) is 9.58 Å². The number of hydrogen-bond donors (Lipinski definition) is 0. The van der Waals surface area contributed by atoms with Crippen molar-refractivity contribution in [1.82, 2.24) is 24.6 Å². The van der Waals surface area contributed by atoms with Crippen LogP contribution in [0.2, 0.25) is 0 Å². The van der Waals surface area contributed by atoms with Crippen molar-refractivity contribution >= 4 is 11.3 Å². The summed E-state index contributed by atoms with van der Waals surface area (Å²) in [5.74, 6) is 0.615. The molecule has 2 aromatic heterocycles. The van der Waals surface area contributed by atoms with E-state index in [0.717, 1.165) is 30.3 Å². The maximum atomic E-state index is 5.39. The van der Waals surface area contributed by atoms with Gasteiger partial charge in [-0.15, -0.1) is 11.3 Å². The molecule has 7 heteroatoms. The van der Waals surface area contributed by atoms with Crippen molar-refractivity contribution in [3.8, 4) is 0 Å². The van der Waals surface area contributed by atoms with Gasteiger partial charge in [0.05, 0.1) is 11.9 Å². The average Bonchev–Trinajstić information content (AvgIpc) is 3.29. The fourth-order valence-corrected chi connectivity index (χ4v) is 5.04. The second-order valence-corrected chi connectivity index (χ2v) is 8.56. The summed E-state index contributed by atoms with van der Waals surface area (Å²) in [6.07, 6.45) is 6.84. The summed E-state index contributed by atoms with van der Waals surface area (Å²) in [4.78, 5) is 9.79. The van der Waals surface area contributed by atoms with Crippen LogP contribution in [0.5, 0.6) is 0 Å². The summed E-state index contributed by atoms with van der Waals surface area (Å²) in [7, 11) is 5.95. The molecular weight excluding hydrogens is 358 g/mol. The van der Waals surface area contributed by atoms with Gasteiger partial charge in [0.1, 0.15) is 11.1 Å². The molecule has 27 heavy (non-hydrogen) atoms. The highest BCUT2D eigenvalue weighted by molar-refractivity contribution is 7.09. The third kappa shape index (κ3) is 4.96. The summed E-state index contributed by atoms with van der Waals surface area (Å²) in [6.45, 7) is 8.54. The van der Waals surface area contributed by atoms with E-state index in [1.54, 1.807) is 18.4 Å². The molecule has 0 amide bonds. The van der Waals surface area contributed by atoms with Crippen molar-refractivity contribution in [2.45, 2.75) is 45.4 Å². The molecule has 1 fully saturated rings. The van der Waals surface area contributed by atoms with Crippen LogP contribution in [0.4, 0.5) is 0 Å². The maximum Gasteiger partial charge on any atom is 0.122 e. The van der Waals surface area contributed by atoms with Gasteiger partial charge < -0.3 is 9.64 Å². The number of ether oxygens (including phenoxy) is 1. The predicted octanol–water partition coefficient (Wildman–Crippen LogP) is 3.49. The highest BCUT2D eigenvalue weighted by Crippen LogP contribution is 2.36. The molecule has 3 rings (SSSR count). The van der Waals surface area contributed by atoms with Crippen molar-refractivity contribution in [3.63, 3.8) is 0 Å². The SMILES string of the molecule is CCN1CCC[C@@H](CN(C)Cc2csc([C@H](C)OC)n2)[C@@H]1c1cnn(C)c1. The molecule has 3 heterocycles. The lowest BCUT2D eigenvalue weighted by molar-refractivity contribution is 0.0746. The number of rotatable bonds is 8. The van der Waals surface area contributed by atoms with Gasteiger partial charge >= 0.3 is 0 Å². The number of thiazole rings is 1. The fraction of sp³-hybridized carbons (Fsp3) is 0.700. The monoisotopic (exact) mass is 391 g/mol. The first-order valence-corrected chi connectivity index (χ1v) is 10.8. The first-order chi connectivity index (χ1) is 13.0. The van der Waals surface area contributed by atoms with Crippen molar-refractivity contribution in [1.29, 1.82) is 0 Å². The van der Waals surface area contributed by atoms with Gasteiger partial charge in [0.2, 0.25) is 0 Å². The molecule has 0 saturated carbocycles. The standard InChI is InChI=1S/C20H33N5OS/c1-6-25-9-7-8-16(19(25)17-10-21-24(4)12-17)11-23(3)13-18-14-27-20(22-18)15(2)26-5/h10,12,14-16,19H,6-9,11,13H2,1-5H3/t15-,16-,19+/m0/s1. The number of piperidine rings is 1. The Hall–Kier alpha value is -1.28. The molecule has 0 spiro atoms. The van der Waals surface area contributed by atoms with E-state index in [9.17, 15) is 0 Å². The lowest BCUT2D eigenvalue weighted by atomic mass is 9.85. The minimum Gasteiger partial charge on any atom is -0.375 e. The molecule has 1 aliphatic heterocycles. The second-order valence-electron chi connectivity index (χ2n) is 7.67. The zero-order chi connectivity index (χ0) is 19.4. The van der Waals surface area contributed by atoms with E-state index < -0.39 is 0 Å². The summed E-state index contributed by atoms with van der Waals surface area (Å²) < 4.78 is 7.31. The quantitative estimate of drug-likeness (QED) is 0.689. The van der Waals surface area contributed by atoms with Gasteiger partial charge in [0, 0.05) is 50.4 Å². The van der Waals surface area contributed by atoms with Gasteiger partial charge in [0.25, 0.3) is 0 Å². The van der Waals surface area contributed by atoms with Crippen molar-refractivity contribution in [3.05, 3.63) is 34.0 Å². The molecule has 0 aromatic carbocycles. The topological polar surface area (TPSA) is 46.4 Å². The van der Waals surface area contributed by atoms with Crippen LogP contribution >= 0.6 is 11.3 Å². The summed E-state index contributed by atoms with van der Waals surface area (Å²) in [6, 6.07) is 0.458. The molecular formula is C20H33N5OS. The number of hydrogen-bond acceptors (Lipinski definition) is 6. The Balaban J connectivity index is 1.67. The predicted molar refractivity (Wildman–Crippen MR) is 110 cm³/mol. The minimum absolute atomic E-state index is 0.0699. The van der Waals surface area contributed by atoms with Crippen molar-refractivity contribution in [2.75, 3.05) is 33.8 Å². The van der Waals surface area contributed by atoms with E-state index in [1.807, 2.05) is 24.9 Å². The van der Waals surface area contributed by atoms with E-state index in [-0.39, 0.29) is 6.10 Å². The van der Waals surface area contributed by atoms with Gasteiger partial charge in [-0.2, -0.15) is 5.10 Å². The number of aromatic nitrogens is 3. The summed E-state index contributed by atoms with van der Waals surface area (Å²) in [5.41, 5.74) is 2.49. The molecule has 1 saturated heterocycles. The molecule has 0 unspecified atom stereocenters. The van der Waals surface area contributed by atoms with Gasteiger partial charge in [-0.25, -0.2) is 4.98 Å². The number of nitrogens with zero attached hydrogens (tertiary/aromatic N) is 5. The highest BCUT2D eigenvalue weighted by Gasteiger charge is 2.33. The second kappa shape index (κ2) is 9.28. The third-order valence-corrected chi connectivity index (χ3v) is 6.64. The minimum atomic E-state index is 0.0699. The van der Waals surface area contributed by atoms with Crippen LogP contribution in [-0.4, -0.2) is 58.4 Å². The largest absolute Gasteiger partial charge is 0.375 e. The van der Waals surface area contributed by atoms with Crippen LogP contribution in [0.3, 0.4) is 0 Å². The first-order valence-electron chi connectivity index (χ1n) is 9.90. The molecule has 1 aliphatic rings. The van der Waals surface area contributed by atoms with E-state index in [2.05, 4.69) is 40.4 Å². The third-order valence-electron chi connectivity index (χ3n) is 5.58. The number of likely N-dealkylation sites (tertiary alicyclic amines) is 1. The van der Waals surface area contributed by atoms with Crippen LogP contribution in [0.1, 0.15) is 55.1 Å². The fourth-order valence-electron chi connectivity index (χ4n) is 4.20. The Morgan fingerprint density at radius 2 is 2.26 bits per heavy atom. The molecule has 0 radical (unpaired) electrons. The smallest absolute Gasteiger partial charge is 0.122 e. The highest BCUT2D eigenvalue weighted by atomic mass is 32.1. The van der Waals surface area contributed by atoms with Gasteiger partial charge in [0.15, 0.2) is 0 Å². The Morgan fingerprint density at radius 3 is 2.93 bits per heavy atom. The van der Waals surface area contributed by atoms with Crippen molar-refractivity contribution < 1.29 is 4.74 Å². The zero-order valence-corrected chi connectivity index (χ0v) is 18.1. The Kier molecular flexibility index (Phi) is 7.03. The van der Waals surface area contributed by atoms with E-state index >= 15 is 0 Å². The van der Waals surface area contributed by atoms with E-state index in [1.165, 1.54) is 24.9 Å². The van der Waals surface area contributed by atoms with Crippen LogP contribution in [0.25, 0.3) is 0 Å². The van der Waals surface area contributed by atoms with Gasteiger partial charge in [-0.1, -0.05) is 6.92 Å². The summed E-state index contributed by atoms with van der Waals surface area (Å²) >= 11 is 1.69. The first kappa shape index (κ1) is 20.5. The normalized spacial score (nSPS) is 22.4. The Bertz CT molecular complexity index is 715. The van der Waals surface area contributed by atoms with Crippen molar-refractivity contribution in [2.24, 2.45) is 13.0 Å².